The van der Waals surface area contributed by atoms with Gasteiger partial charge in [0, 0.05) is 10.9 Å². The summed E-state index contributed by atoms with van der Waals surface area (Å²) in [6, 6.07) is 28.1. The SMILES string of the molecule is COc1ccc(-c2csc(=Nc3ccccc3)n2Nc2ccccc2)cc1. The number of para-hydroxylation sites is 2. The van der Waals surface area contributed by atoms with Gasteiger partial charge in [-0.1, -0.05) is 36.4 Å². The Hall–Kier alpha value is -3.31. The maximum Gasteiger partial charge on any atom is 0.209 e. The van der Waals surface area contributed by atoms with E-state index in [9.17, 15) is 0 Å². The van der Waals surface area contributed by atoms with E-state index in [4.69, 9.17) is 9.73 Å². The van der Waals surface area contributed by atoms with Gasteiger partial charge in [0.1, 0.15) is 5.75 Å². The zero-order chi connectivity index (χ0) is 18.5. The summed E-state index contributed by atoms with van der Waals surface area (Å²) < 4.78 is 7.30. The Morgan fingerprint density at radius 3 is 2.19 bits per heavy atom. The van der Waals surface area contributed by atoms with Gasteiger partial charge in [-0.3, -0.25) is 5.43 Å². The topological polar surface area (TPSA) is 38.5 Å². The lowest BCUT2D eigenvalue weighted by Crippen LogP contribution is -2.23. The fraction of sp³-hybridized carbons (Fsp3) is 0.0455. The van der Waals surface area contributed by atoms with E-state index in [1.807, 2.05) is 77.5 Å². The second-order valence-electron chi connectivity index (χ2n) is 5.89. The first kappa shape index (κ1) is 17.1. The number of aromatic nitrogens is 1. The molecule has 0 radical (unpaired) electrons. The fourth-order valence-electron chi connectivity index (χ4n) is 2.72. The molecule has 0 aliphatic heterocycles. The van der Waals surface area contributed by atoms with Crippen LogP contribution in [0.5, 0.6) is 5.75 Å². The molecule has 4 aromatic rings. The lowest BCUT2D eigenvalue weighted by Gasteiger charge is -2.12. The van der Waals surface area contributed by atoms with Crippen LogP contribution in [0.1, 0.15) is 0 Å². The van der Waals surface area contributed by atoms with Crippen molar-refractivity contribution in [2.45, 2.75) is 0 Å². The Kier molecular flexibility index (Phi) is 5.03. The van der Waals surface area contributed by atoms with Gasteiger partial charge in [0.25, 0.3) is 0 Å². The van der Waals surface area contributed by atoms with Gasteiger partial charge >= 0.3 is 0 Å². The normalized spacial score (nSPS) is 11.4. The molecule has 0 saturated heterocycles. The predicted octanol–water partition coefficient (Wildman–Crippen LogP) is 5.33. The Morgan fingerprint density at radius 2 is 1.52 bits per heavy atom. The van der Waals surface area contributed by atoms with E-state index in [1.165, 1.54) is 0 Å². The monoisotopic (exact) mass is 373 g/mol. The van der Waals surface area contributed by atoms with Gasteiger partial charge in [-0.15, -0.1) is 11.3 Å². The van der Waals surface area contributed by atoms with E-state index in [1.54, 1.807) is 18.4 Å². The van der Waals surface area contributed by atoms with Crippen molar-refractivity contribution in [1.29, 1.82) is 0 Å². The highest BCUT2D eigenvalue weighted by molar-refractivity contribution is 7.07. The van der Waals surface area contributed by atoms with Crippen LogP contribution < -0.4 is 15.0 Å². The number of ether oxygens (including phenoxy) is 1. The number of benzene rings is 3. The number of thiazole rings is 1. The molecule has 27 heavy (non-hydrogen) atoms. The average Bonchev–Trinajstić information content (AvgIpc) is 3.12. The molecule has 0 atom stereocenters. The fourth-order valence-corrected chi connectivity index (χ4v) is 3.58. The molecule has 0 unspecified atom stereocenters. The molecule has 5 heteroatoms. The van der Waals surface area contributed by atoms with Crippen LogP contribution in [0.4, 0.5) is 11.4 Å². The minimum Gasteiger partial charge on any atom is -0.497 e. The molecule has 0 amide bonds. The highest BCUT2D eigenvalue weighted by atomic mass is 32.1. The third kappa shape index (κ3) is 3.93. The predicted molar refractivity (Wildman–Crippen MR) is 111 cm³/mol. The van der Waals surface area contributed by atoms with Crippen LogP contribution in [0, 0.1) is 0 Å². The molecular formula is C22H19N3OS. The third-order valence-electron chi connectivity index (χ3n) is 4.09. The van der Waals surface area contributed by atoms with Crippen LogP contribution in [-0.4, -0.2) is 11.8 Å². The van der Waals surface area contributed by atoms with Crippen LogP contribution in [0.25, 0.3) is 11.3 Å². The lowest BCUT2D eigenvalue weighted by molar-refractivity contribution is 0.415. The maximum absolute atomic E-state index is 5.28. The van der Waals surface area contributed by atoms with Crippen LogP contribution in [-0.2, 0) is 0 Å². The van der Waals surface area contributed by atoms with E-state index >= 15 is 0 Å². The van der Waals surface area contributed by atoms with Crippen molar-refractivity contribution in [2.75, 3.05) is 12.5 Å². The van der Waals surface area contributed by atoms with Crippen molar-refractivity contribution >= 4 is 22.7 Å². The zero-order valence-corrected chi connectivity index (χ0v) is 15.7. The van der Waals surface area contributed by atoms with Crippen molar-refractivity contribution < 1.29 is 4.74 Å². The summed E-state index contributed by atoms with van der Waals surface area (Å²) in [5.74, 6) is 0.839. The first-order chi connectivity index (χ1) is 13.3. The minimum absolute atomic E-state index is 0.839. The van der Waals surface area contributed by atoms with E-state index in [2.05, 4.69) is 22.9 Å². The Labute approximate surface area is 162 Å². The second-order valence-corrected chi connectivity index (χ2v) is 6.73. The molecule has 4 rings (SSSR count). The van der Waals surface area contributed by atoms with E-state index < -0.39 is 0 Å². The number of hydrogen-bond acceptors (Lipinski definition) is 4. The van der Waals surface area contributed by atoms with Gasteiger partial charge in [0.05, 0.1) is 24.2 Å². The second kappa shape index (κ2) is 7.93. The van der Waals surface area contributed by atoms with Gasteiger partial charge in [-0.2, -0.15) is 0 Å². The number of nitrogens with one attached hydrogen (secondary N) is 1. The molecular weight excluding hydrogens is 354 g/mol. The van der Waals surface area contributed by atoms with Gasteiger partial charge in [-0.05, 0) is 48.5 Å². The summed E-state index contributed by atoms with van der Waals surface area (Å²) in [5, 5.41) is 2.11. The van der Waals surface area contributed by atoms with Gasteiger partial charge in [0.15, 0.2) is 0 Å². The summed E-state index contributed by atoms with van der Waals surface area (Å²) in [5.41, 5.74) is 7.52. The van der Waals surface area contributed by atoms with Crippen molar-refractivity contribution in [3.05, 3.63) is 95.1 Å². The highest BCUT2D eigenvalue weighted by Crippen LogP contribution is 2.24. The van der Waals surface area contributed by atoms with Crippen molar-refractivity contribution in [3.63, 3.8) is 0 Å². The van der Waals surface area contributed by atoms with Crippen molar-refractivity contribution in [2.24, 2.45) is 4.99 Å². The molecule has 4 nitrogen and oxygen atoms in total. The van der Waals surface area contributed by atoms with E-state index in [0.29, 0.717) is 0 Å². The largest absolute Gasteiger partial charge is 0.497 e. The Balaban J connectivity index is 1.82. The summed E-state index contributed by atoms with van der Waals surface area (Å²) >= 11 is 1.60. The summed E-state index contributed by atoms with van der Waals surface area (Å²) in [6.07, 6.45) is 0. The van der Waals surface area contributed by atoms with Crippen LogP contribution in [0.2, 0.25) is 0 Å². The standard InChI is InChI=1S/C22H19N3OS/c1-26-20-14-12-17(13-15-20)21-16-27-22(23-18-8-4-2-5-9-18)25(21)24-19-10-6-3-7-11-19/h2-16,24H,1H3. The van der Waals surface area contributed by atoms with E-state index in [0.717, 1.165) is 33.2 Å². The molecule has 0 aliphatic rings. The molecule has 3 aromatic carbocycles. The molecule has 0 bridgehead atoms. The van der Waals surface area contributed by atoms with Crippen LogP contribution in [0.15, 0.2) is 95.3 Å². The molecule has 1 N–H and O–H groups in total. The number of methoxy groups -OCH3 is 1. The van der Waals surface area contributed by atoms with Crippen molar-refractivity contribution in [1.82, 2.24) is 4.68 Å². The van der Waals surface area contributed by atoms with Crippen molar-refractivity contribution in [3.8, 4) is 17.0 Å². The summed E-state index contributed by atoms with van der Waals surface area (Å²) in [7, 11) is 1.67. The lowest BCUT2D eigenvalue weighted by atomic mass is 10.2. The van der Waals surface area contributed by atoms with E-state index in [-0.39, 0.29) is 0 Å². The molecule has 0 saturated carbocycles. The maximum atomic E-state index is 5.28. The smallest absolute Gasteiger partial charge is 0.209 e. The first-order valence-corrected chi connectivity index (χ1v) is 9.48. The quantitative estimate of drug-likeness (QED) is 0.513. The summed E-state index contributed by atoms with van der Waals surface area (Å²) in [6.45, 7) is 0. The van der Waals surface area contributed by atoms with Crippen LogP contribution >= 0.6 is 11.3 Å². The third-order valence-corrected chi connectivity index (χ3v) is 4.92. The van der Waals surface area contributed by atoms with Gasteiger partial charge in [0.2, 0.25) is 4.80 Å². The van der Waals surface area contributed by atoms with Gasteiger partial charge in [-0.25, -0.2) is 9.67 Å². The molecule has 134 valence electrons. The molecule has 0 spiro atoms. The molecule has 1 heterocycles. The number of anilines is 1. The number of rotatable bonds is 5. The zero-order valence-electron chi connectivity index (χ0n) is 14.9. The highest BCUT2D eigenvalue weighted by Gasteiger charge is 2.09. The number of hydrogen-bond donors (Lipinski definition) is 1. The molecule has 0 fully saturated rings. The minimum atomic E-state index is 0.839. The Bertz CT molecular complexity index is 1070. The molecule has 1 aromatic heterocycles. The average molecular weight is 373 g/mol. The molecule has 0 aliphatic carbocycles. The van der Waals surface area contributed by atoms with Crippen LogP contribution in [0.3, 0.4) is 0 Å². The Morgan fingerprint density at radius 1 is 0.852 bits per heavy atom. The van der Waals surface area contributed by atoms with Gasteiger partial charge < -0.3 is 4.74 Å². The first-order valence-electron chi connectivity index (χ1n) is 8.60. The number of nitrogens with zero attached hydrogens (tertiary/aromatic N) is 2. The summed E-state index contributed by atoms with van der Waals surface area (Å²) in [4.78, 5) is 5.68.